The molecule has 0 radical (unpaired) electrons. The van der Waals surface area contributed by atoms with Gasteiger partial charge in [0, 0.05) is 10.9 Å². The van der Waals surface area contributed by atoms with Crippen LogP contribution in [-0.2, 0) is 0 Å². The number of ether oxygens (including phenoxy) is 3. The predicted molar refractivity (Wildman–Crippen MR) is 121 cm³/mol. The Morgan fingerprint density at radius 1 is 0.931 bits per heavy atom. The molecule has 1 unspecified atom stereocenters. The van der Waals surface area contributed by atoms with Crippen molar-refractivity contribution >= 4 is 13.2 Å². The third-order valence-electron chi connectivity index (χ3n) is 6.43. The highest BCUT2D eigenvalue weighted by Gasteiger charge is 2.40. The molecule has 29 heavy (non-hydrogen) atoms. The van der Waals surface area contributed by atoms with Gasteiger partial charge in [-0.05, 0) is 73.9 Å². The van der Waals surface area contributed by atoms with Crippen LogP contribution in [-0.4, -0.2) is 25.7 Å². The normalized spacial score (nSPS) is 20.9. The highest BCUT2D eigenvalue weighted by Crippen LogP contribution is 2.60. The van der Waals surface area contributed by atoms with Gasteiger partial charge in [0.15, 0.2) is 0 Å². The second kappa shape index (κ2) is 6.91. The first-order valence-electron chi connectivity index (χ1n) is 10.8. The first kappa shape index (κ1) is 19.2. The number of rotatable bonds is 5. The standard InChI is InChI=1S/C25H31O3P/c1-25(2,3)29-14-28-20-8-6-7-17(24(20)29)21-22(26-4)18(15-9-10-15)13-19(16-11-12-16)23(21)27-5/h6-8,13,15-16H,9-12,14H2,1-5H3. The van der Waals surface area contributed by atoms with Gasteiger partial charge in [-0.25, -0.2) is 0 Å². The number of methoxy groups -OCH3 is 2. The SMILES string of the molecule is COc1c(C2CC2)cc(C2CC2)c(OC)c1-c1cccc2c1P(C(C)(C)C)CO2. The summed E-state index contributed by atoms with van der Waals surface area (Å²) in [5.41, 5.74) is 5.16. The van der Waals surface area contributed by atoms with E-state index in [1.54, 1.807) is 0 Å². The monoisotopic (exact) mass is 410 g/mol. The Hall–Kier alpha value is -1.73. The van der Waals surface area contributed by atoms with Crippen LogP contribution in [0.25, 0.3) is 11.1 Å². The summed E-state index contributed by atoms with van der Waals surface area (Å²) in [6.45, 7) is 7.00. The van der Waals surface area contributed by atoms with E-state index in [9.17, 15) is 0 Å². The third-order valence-corrected chi connectivity index (χ3v) is 9.44. The van der Waals surface area contributed by atoms with Crippen LogP contribution in [0.2, 0.25) is 0 Å². The Bertz CT molecular complexity index is 913. The molecule has 1 atom stereocenters. The van der Waals surface area contributed by atoms with Crippen LogP contribution < -0.4 is 19.5 Å². The Morgan fingerprint density at radius 2 is 1.52 bits per heavy atom. The van der Waals surface area contributed by atoms with E-state index in [0.29, 0.717) is 11.8 Å². The molecule has 0 amide bonds. The van der Waals surface area contributed by atoms with E-state index >= 15 is 0 Å². The molecule has 1 aliphatic heterocycles. The van der Waals surface area contributed by atoms with E-state index in [1.807, 2.05) is 14.2 Å². The van der Waals surface area contributed by atoms with E-state index in [1.165, 1.54) is 47.7 Å². The quantitative estimate of drug-likeness (QED) is 0.535. The minimum atomic E-state index is -0.433. The topological polar surface area (TPSA) is 27.7 Å². The average molecular weight is 410 g/mol. The van der Waals surface area contributed by atoms with Crippen LogP contribution in [0.4, 0.5) is 0 Å². The van der Waals surface area contributed by atoms with Gasteiger partial charge in [-0.15, -0.1) is 0 Å². The summed E-state index contributed by atoms with van der Waals surface area (Å²) in [5.74, 6) is 4.32. The number of hydrogen-bond acceptors (Lipinski definition) is 3. The predicted octanol–water partition coefficient (Wildman–Crippen LogP) is 6.38. The molecular formula is C25H31O3P. The summed E-state index contributed by atoms with van der Waals surface area (Å²) in [6, 6.07) is 8.89. The van der Waals surface area contributed by atoms with Crippen LogP contribution in [0, 0.1) is 0 Å². The largest absolute Gasteiger partial charge is 0.496 e. The van der Waals surface area contributed by atoms with Crippen molar-refractivity contribution in [2.45, 2.75) is 63.4 Å². The van der Waals surface area contributed by atoms with Crippen molar-refractivity contribution in [1.29, 1.82) is 0 Å². The molecule has 2 saturated carbocycles. The van der Waals surface area contributed by atoms with E-state index in [2.05, 4.69) is 45.0 Å². The Morgan fingerprint density at radius 3 is 2.00 bits per heavy atom. The molecule has 4 heteroatoms. The highest BCUT2D eigenvalue weighted by atomic mass is 31.1. The molecule has 0 aromatic heterocycles. The van der Waals surface area contributed by atoms with Gasteiger partial charge >= 0.3 is 0 Å². The zero-order valence-electron chi connectivity index (χ0n) is 18.2. The van der Waals surface area contributed by atoms with Gasteiger partial charge in [-0.2, -0.15) is 0 Å². The molecule has 0 saturated heterocycles. The first-order chi connectivity index (χ1) is 13.9. The molecule has 154 valence electrons. The molecular weight excluding hydrogens is 379 g/mol. The molecule has 1 heterocycles. The third kappa shape index (κ3) is 3.22. The van der Waals surface area contributed by atoms with Crippen molar-refractivity contribution in [2.75, 3.05) is 20.6 Å². The van der Waals surface area contributed by atoms with Crippen LogP contribution in [0.5, 0.6) is 17.2 Å². The maximum atomic E-state index is 6.17. The second-order valence-corrected chi connectivity index (χ2v) is 12.5. The molecule has 0 bridgehead atoms. The number of hydrogen-bond donors (Lipinski definition) is 0. The zero-order valence-corrected chi connectivity index (χ0v) is 19.1. The highest BCUT2D eigenvalue weighted by molar-refractivity contribution is 7.67. The molecule has 5 rings (SSSR count). The lowest BCUT2D eigenvalue weighted by Gasteiger charge is -2.29. The molecule has 0 spiro atoms. The van der Waals surface area contributed by atoms with E-state index < -0.39 is 7.92 Å². The van der Waals surface area contributed by atoms with Gasteiger partial charge in [0.1, 0.15) is 23.6 Å². The van der Waals surface area contributed by atoms with Crippen molar-refractivity contribution in [3.05, 3.63) is 35.4 Å². The Labute approximate surface area is 175 Å². The molecule has 2 aromatic carbocycles. The van der Waals surface area contributed by atoms with Crippen molar-refractivity contribution in [2.24, 2.45) is 0 Å². The van der Waals surface area contributed by atoms with Crippen LogP contribution in [0.15, 0.2) is 24.3 Å². The van der Waals surface area contributed by atoms with Gasteiger partial charge in [-0.1, -0.05) is 32.9 Å². The van der Waals surface area contributed by atoms with Crippen molar-refractivity contribution in [1.82, 2.24) is 0 Å². The summed E-state index contributed by atoms with van der Waals surface area (Å²) in [5, 5.41) is 1.56. The summed E-state index contributed by atoms with van der Waals surface area (Å²) < 4.78 is 18.4. The zero-order chi connectivity index (χ0) is 20.3. The molecule has 2 aliphatic carbocycles. The fourth-order valence-corrected chi connectivity index (χ4v) is 6.95. The summed E-state index contributed by atoms with van der Waals surface area (Å²) >= 11 is 0. The van der Waals surface area contributed by atoms with Crippen molar-refractivity contribution in [3.8, 4) is 28.4 Å². The molecule has 2 fully saturated rings. The van der Waals surface area contributed by atoms with Crippen LogP contribution >= 0.6 is 7.92 Å². The minimum absolute atomic E-state index is 0.185. The minimum Gasteiger partial charge on any atom is -0.496 e. The van der Waals surface area contributed by atoms with E-state index in [4.69, 9.17) is 14.2 Å². The van der Waals surface area contributed by atoms with E-state index in [-0.39, 0.29) is 5.16 Å². The Kier molecular flexibility index (Phi) is 4.59. The number of benzene rings is 2. The molecule has 3 nitrogen and oxygen atoms in total. The van der Waals surface area contributed by atoms with Crippen LogP contribution in [0.1, 0.15) is 69.4 Å². The van der Waals surface area contributed by atoms with Crippen molar-refractivity contribution < 1.29 is 14.2 Å². The fourth-order valence-electron chi connectivity index (χ4n) is 4.62. The van der Waals surface area contributed by atoms with Gasteiger partial charge in [-0.3, -0.25) is 0 Å². The lowest BCUT2D eigenvalue weighted by Crippen LogP contribution is -2.19. The summed E-state index contributed by atoms with van der Waals surface area (Å²) in [7, 11) is 3.19. The van der Waals surface area contributed by atoms with Gasteiger partial charge < -0.3 is 14.2 Å². The van der Waals surface area contributed by atoms with Crippen LogP contribution in [0.3, 0.4) is 0 Å². The number of fused-ring (bicyclic) bond motifs is 1. The molecule has 2 aromatic rings. The second-order valence-electron chi connectivity index (χ2n) is 9.57. The maximum absolute atomic E-state index is 6.17. The fraction of sp³-hybridized carbons (Fsp3) is 0.520. The van der Waals surface area contributed by atoms with Gasteiger partial charge in [0.05, 0.1) is 19.8 Å². The Balaban J connectivity index is 1.80. The van der Waals surface area contributed by atoms with Crippen molar-refractivity contribution in [3.63, 3.8) is 0 Å². The average Bonchev–Trinajstić information content (AvgIpc) is 3.61. The molecule has 3 aliphatic rings. The smallest absolute Gasteiger partial charge is 0.133 e. The molecule has 0 N–H and O–H groups in total. The maximum Gasteiger partial charge on any atom is 0.133 e. The summed E-state index contributed by atoms with van der Waals surface area (Å²) in [4.78, 5) is 0. The lowest BCUT2D eigenvalue weighted by molar-refractivity contribution is 0.391. The van der Waals surface area contributed by atoms with E-state index in [0.717, 1.165) is 29.2 Å². The lowest BCUT2D eigenvalue weighted by atomic mass is 9.92. The van der Waals surface area contributed by atoms with Gasteiger partial charge in [0.2, 0.25) is 0 Å². The first-order valence-corrected chi connectivity index (χ1v) is 12.3. The van der Waals surface area contributed by atoms with Gasteiger partial charge in [0.25, 0.3) is 0 Å². The summed E-state index contributed by atoms with van der Waals surface area (Å²) in [6.07, 6.45) is 5.84.